The number of aryl methyl sites for hydroxylation is 1. The van der Waals surface area contributed by atoms with Gasteiger partial charge in [0.15, 0.2) is 0 Å². The number of hydrogen-bond acceptors (Lipinski definition) is 7. The summed E-state index contributed by atoms with van der Waals surface area (Å²) in [5.41, 5.74) is 2.86. The number of carbonyl (C=O) groups is 1. The summed E-state index contributed by atoms with van der Waals surface area (Å²) in [6.07, 6.45) is 2.53. The molecular weight excluding hydrogens is 458 g/mol. The lowest BCUT2D eigenvalue weighted by Gasteiger charge is -2.19. The fraction of sp³-hybridized carbons (Fsp3) is 0.385. The molecule has 0 atom stereocenters. The van der Waals surface area contributed by atoms with E-state index in [1.807, 2.05) is 48.5 Å². The van der Waals surface area contributed by atoms with Gasteiger partial charge in [0.25, 0.3) is 0 Å². The maximum atomic E-state index is 13.2. The zero-order chi connectivity index (χ0) is 25.7. The molecule has 2 heterocycles. The van der Waals surface area contributed by atoms with Crippen LogP contribution in [0.15, 0.2) is 53.3 Å². The molecule has 4 aromatic rings. The van der Waals surface area contributed by atoms with Gasteiger partial charge in [0.2, 0.25) is 5.82 Å². The number of nitrogens with one attached hydrogen (secondary N) is 1. The second-order valence-corrected chi connectivity index (χ2v) is 9.61. The molecule has 0 bridgehead atoms. The minimum atomic E-state index is -0.627. The van der Waals surface area contributed by atoms with E-state index in [4.69, 9.17) is 4.74 Å². The van der Waals surface area contributed by atoms with Crippen molar-refractivity contribution in [1.82, 2.24) is 35.0 Å². The van der Waals surface area contributed by atoms with Crippen molar-refractivity contribution in [2.24, 2.45) is 0 Å². The van der Waals surface area contributed by atoms with Gasteiger partial charge in [-0.05, 0) is 49.1 Å². The molecule has 0 amide bonds. The predicted molar refractivity (Wildman–Crippen MR) is 135 cm³/mol. The van der Waals surface area contributed by atoms with E-state index in [1.165, 1.54) is 4.68 Å². The first-order chi connectivity index (χ1) is 17.2. The molecule has 2 aromatic heterocycles. The van der Waals surface area contributed by atoms with E-state index in [-0.39, 0.29) is 12.2 Å². The Bertz CT molecular complexity index is 1360. The highest BCUT2D eigenvalue weighted by Crippen LogP contribution is 2.29. The highest BCUT2D eigenvalue weighted by atomic mass is 16.6. The number of esters is 1. The number of aromatic nitrogens is 7. The average molecular weight is 490 g/mol. The molecule has 10 heteroatoms. The number of tetrazole rings is 1. The second kappa shape index (κ2) is 10.7. The summed E-state index contributed by atoms with van der Waals surface area (Å²) in [7, 11) is 0. The number of aromatic amines is 1. The Morgan fingerprint density at radius 2 is 1.78 bits per heavy atom. The third-order valence-corrected chi connectivity index (χ3v) is 5.57. The Hall–Kier alpha value is -4.08. The van der Waals surface area contributed by atoms with Crippen molar-refractivity contribution in [1.29, 1.82) is 0 Å². The van der Waals surface area contributed by atoms with Gasteiger partial charge in [-0.3, -0.25) is 9.36 Å². The Morgan fingerprint density at radius 3 is 2.42 bits per heavy atom. The molecule has 1 N–H and O–H groups in total. The van der Waals surface area contributed by atoms with Crippen LogP contribution in [0.4, 0.5) is 0 Å². The van der Waals surface area contributed by atoms with Crippen LogP contribution in [0.2, 0.25) is 0 Å². The number of H-pyrrole nitrogens is 1. The molecule has 2 aromatic carbocycles. The van der Waals surface area contributed by atoms with E-state index in [0.717, 1.165) is 35.1 Å². The van der Waals surface area contributed by atoms with Crippen molar-refractivity contribution >= 4 is 5.97 Å². The summed E-state index contributed by atoms with van der Waals surface area (Å²) >= 11 is 0. The van der Waals surface area contributed by atoms with Crippen molar-refractivity contribution in [3.8, 4) is 22.5 Å². The fourth-order valence-electron chi connectivity index (χ4n) is 3.94. The Kier molecular flexibility index (Phi) is 7.42. The molecule has 0 spiro atoms. The monoisotopic (exact) mass is 489 g/mol. The quantitative estimate of drug-likeness (QED) is 0.356. The summed E-state index contributed by atoms with van der Waals surface area (Å²) in [5, 5.41) is 18.8. The summed E-state index contributed by atoms with van der Waals surface area (Å²) in [6, 6.07) is 15.9. The SMILES string of the molecule is CCCCc1nn(CC(=O)OC(C)(C)C)c(=O)n1Cc1ccc(-c2ccccc2-c2nn[nH]n2)cc1. The van der Waals surface area contributed by atoms with Gasteiger partial charge in [-0.2, -0.15) is 10.3 Å². The largest absolute Gasteiger partial charge is 0.459 e. The van der Waals surface area contributed by atoms with Gasteiger partial charge in [0.1, 0.15) is 18.0 Å². The number of unbranched alkanes of at least 4 members (excludes halogenated alkanes) is 1. The molecule has 4 rings (SSSR count). The summed E-state index contributed by atoms with van der Waals surface area (Å²) in [4.78, 5) is 25.5. The van der Waals surface area contributed by atoms with Crippen LogP contribution in [-0.4, -0.2) is 46.5 Å². The molecule has 0 aliphatic heterocycles. The van der Waals surface area contributed by atoms with Crippen molar-refractivity contribution in [2.75, 3.05) is 0 Å². The molecule has 0 unspecified atom stereocenters. The van der Waals surface area contributed by atoms with E-state index in [1.54, 1.807) is 25.3 Å². The van der Waals surface area contributed by atoms with E-state index >= 15 is 0 Å². The molecule has 36 heavy (non-hydrogen) atoms. The Morgan fingerprint density at radius 1 is 1.06 bits per heavy atom. The first-order valence-corrected chi connectivity index (χ1v) is 12.1. The maximum Gasteiger partial charge on any atom is 0.346 e. The minimum Gasteiger partial charge on any atom is -0.459 e. The van der Waals surface area contributed by atoms with E-state index in [9.17, 15) is 9.59 Å². The fourth-order valence-corrected chi connectivity index (χ4v) is 3.94. The Balaban J connectivity index is 1.58. The molecule has 0 fully saturated rings. The van der Waals surface area contributed by atoms with Gasteiger partial charge in [-0.25, -0.2) is 9.48 Å². The number of rotatable bonds is 9. The third-order valence-electron chi connectivity index (χ3n) is 5.57. The van der Waals surface area contributed by atoms with Crippen LogP contribution in [-0.2, 0) is 29.0 Å². The van der Waals surface area contributed by atoms with Gasteiger partial charge in [-0.15, -0.1) is 10.2 Å². The van der Waals surface area contributed by atoms with Crippen molar-refractivity contribution < 1.29 is 9.53 Å². The molecule has 0 aliphatic carbocycles. The molecule has 0 radical (unpaired) electrons. The highest BCUT2D eigenvalue weighted by molar-refractivity contribution is 5.80. The second-order valence-electron chi connectivity index (χ2n) is 9.61. The van der Waals surface area contributed by atoms with Crippen LogP contribution >= 0.6 is 0 Å². The van der Waals surface area contributed by atoms with Gasteiger partial charge >= 0.3 is 11.7 Å². The van der Waals surface area contributed by atoms with Gasteiger partial charge in [0.05, 0.1) is 6.54 Å². The topological polar surface area (TPSA) is 121 Å². The lowest BCUT2D eigenvalue weighted by Crippen LogP contribution is -2.32. The summed E-state index contributed by atoms with van der Waals surface area (Å²) < 4.78 is 8.22. The van der Waals surface area contributed by atoms with Crippen molar-refractivity contribution in [3.05, 3.63) is 70.4 Å². The van der Waals surface area contributed by atoms with Crippen LogP contribution in [0.3, 0.4) is 0 Å². The number of ether oxygens (including phenoxy) is 1. The van der Waals surface area contributed by atoms with E-state index in [0.29, 0.717) is 24.6 Å². The number of carbonyl (C=O) groups excluding carboxylic acids is 1. The molecule has 188 valence electrons. The zero-order valence-corrected chi connectivity index (χ0v) is 21.1. The molecular formula is C26H31N7O3. The molecule has 0 saturated carbocycles. The Labute approximate surface area is 209 Å². The van der Waals surface area contributed by atoms with E-state index in [2.05, 4.69) is 32.6 Å². The normalized spacial score (nSPS) is 11.6. The first kappa shape index (κ1) is 25.0. The number of nitrogens with zero attached hydrogens (tertiary/aromatic N) is 6. The summed E-state index contributed by atoms with van der Waals surface area (Å²) in [6.45, 7) is 7.62. The molecule has 10 nitrogen and oxygen atoms in total. The predicted octanol–water partition coefficient (Wildman–Crippen LogP) is 3.62. The van der Waals surface area contributed by atoms with Crippen molar-refractivity contribution in [3.63, 3.8) is 0 Å². The van der Waals surface area contributed by atoms with Crippen LogP contribution in [0.25, 0.3) is 22.5 Å². The van der Waals surface area contributed by atoms with E-state index < -0.39 is 11.6 Å². The lowest BCUT2D eigenvalue weighted by atomic mass is 9.98. The van der Waals surface area contributed by atoms with Gasteiger partial charge in [-0.1, -0.05) is 61.9 Å². The molecule has 0 saturated heterocycles. The number of hydrogen-bond donors (Lipinski definition) is 1. The minimum absolute atomic E-state index is 0.214. The van der Waals surface area contributed by atoms with Crippen LogP contribution in [0.1, 0.15) is 51.9 Å². The summed E-state index contributed by atoms with van der Waals surface area (Å²) in [5.74, 6) is 0.706. The van der Waals surface area contributed by atoms with Crippen LogP contribution in [0.5, 0.6) is 0 Å². The standard InChI is InChI=1S/C26H31N7O3/c1-5-6-11-22-29-33(17-23(34)36-26(2,3)4)25(35)32(22)16-18-12-14-19(15-13-18)20-9-7-8-10-21(20)24-27-30-31-28-24/h7-10,12-15H,5-6,11,16-17H2,1-4H3,(H,27,28,30,31). The third kappa shape index (κ3) is 5.94. The zero-order valence-electron chi connectivity index (χ0n) is 21.1. The van der Waals surface area contributed by atoms with Crippen LogP contribution < -0.4 is 5.69 Å². The average Bonchev–Trinajstić information content (AvgIpc) is 3.47. The lowest BCUT2D eigenvalue weighted by molar-refractivity contribution is -0.155. The highest BCUT2D eigenvalue weighted by Gasteiger charge is 2.20. The first-order valence-electron chi connectivity index (χ1n) is 12.1. The van der Waals surface area contributed by atoms with Crippen molar-refractivity contribution in [2.45, 2.75) is 65.6 Å². The van der Waals surface area contributed by atoms with Gasteiger partial charge < -0.3 is 4.74 Å². The smallest absolute Gasteiger partial charge is 0.346 e. The number of benzene rings is 2. The van der Waals surface area contributed by atoms with Crippen LogP contribution in [0, 0.1) is 0 Å². The maximum absolute atomic E-state index is 13.2. The molecule has 0 aliphatic rings. The van der Waals surface area contributed by atoms with Gasteiger partial charge in [0, 0.05) is 12.0 Å².